The average Bonchev–Trinajstić information content (AvgIpc) is 2.13. The van der Waals surface area contributed by atoms with Crippen molar-refractivity contribution in [1.29, 1.82) is 0 Å². The second-order valence-electron chi connectivity index (χ2n) is 4.70. The zero-order valence-corrected chi connectivity index (χ0v) is 10.4. The van der Waals surface area contributed by atoms with E-state index < -0.39 is 35.5 Å². The van der Waals surface area contributed by atoms with E-state index in [9.17, 15) is 13.6 Å². The number of aliphatic hydroxyl groups excluding tert-OH is 1. The minimum Gasteiger partial charge on any atom is -0.444 e. The molecule has 6 heteroatoms. The molecule has 1 aromatic carbocycles. The molecule has 0 spiro atoms. The van der Waals surface area contributed by atoms with Gasteiger partial charge in [-0.3, -0.25) is 5.32 Å². The van der Waals surface area contributed by atoms with E-state index in [1.165, 1.54) is 0 Å². The number of rotatable bonds is 2. The molecule has 18 heavy (non-hydrogen) atoms. The van der Waals surface area contributed by atoms with Gasteiger partial charge in [0.1, 0.15) is 17.2 Å². The number of carbonyl (C=O) groups excluding carboxylic acids is 1. The Hall–Kier alpha value is -1.69. The highest BCUT2D eigenvalue weighted by Gasteiger charge is 2.17. The first-order chi connectivity index (χ1) is 8.23. The van der Waals surface area contributed by atoms with E-state index in [4.69, 9.17) is 9.84 Å². The SMILES string of the molecule is CC(C)(C)OC(=O)Nc1cc(F)c(CO)c(F)c1. The molecule has 0 heterocycles. The first kappa shape index (κ1) is 14.4. The second-order valence-corrected chi connectivity index (χ2v) is 4.70. The summed E-state index contributed by atoms with van der Waals surface area (Å²) in [6.07, 6.45) is -0.807. The summed E-state index contributed by atoms with van der Waals surface area (Å²) in [6, 6.07) is 1.83. The predicted molar refractivity (Wildman–Crippen MR) is 62.1 cm³/mol. The van der Waals surface area contributed by atoms with E-state index in [0.717, 1.165) is 12.1 Å². The molecule has 0 aliphatic rings. The Morgan fingerprint density at radius 3 is 2.22 bits per heavy atom. The third-order valence-electron chi connectivity index (χ3n) is 1.94. The zero-order chi connectivity index (χ0) is 13.9. The molecule has 0 aliphatic carbocycles. The maximum atomic E-state index is 13.3. The molecule has 0 unspecified atom stereocenters. The highest BCUT2D eigenvalue weighted by Crippen LogP contribution is 2.19. The van der Waals surface area contributed by atoms with Crippen LogP contribution in [0.15, 0.2) is 12.1 Å². The Bertz CT molecular complexity index is 432. The van der Waals surface area contributed by atoms with Gasteiger partial charge in [0.05, 0.1) is 6.61 Å². The van der Waals surface area contributed by atoms with Gasteiger partial charge in [-0.05, 0) is 32.9 Å². The van der Waals surface area contributed by atoms with Gasteiger partial charge >= 0.3 is 6.09 Å². The Morgan fingerprint density at radius 1 is 1.33 bits per heavy atom. The van der Waals surface area contributed by atoms with Crippen LogP contribution in [0.5, 0.6) is 0 Å². The quantitative estimate of drug-likeness (QED) is 0.858. The molecular formula is C12H15F2NO3. The fourth-order valence-electron chi connectivity index (χ4n) is 1.25. The Kier molecular flexibility index (Phi) is 4.24. The summed E-state index contributed by atoms with van der Waals surface area (Å²) in [4.78, 5) is 11.4. The summed E-state index contributed by atoms with van der Waals surface area (Å²) in [5.74, 6) is -1.85. The number of hydrogen-bond acceptors (Lipinski definition) is 3. The summed E-state index contributed by atoms with van der Waals surface area (Å²) in [5.41, 5.74) is -1.21. The summed E-state index contributed by atoms with van der Waals surface area (Å²) in [5, 5.41) is 10.9. The van der Waals surface area contributed by atoms with Crippen molar-refractivity contribution in [3.05, 3.63) is 29.3 Å². The molecule has 0 aromatic heterocycles. The molecule has 0 bridgehead atoms. The molecule has 1 aromatic rings. The lowest BCUT2D eigenvalue weighted by atomic mass is 10.2. The topological polar surface area (TPSA) is 58.6 Å². The van der Waals surface area contributed by atoms with Crippen molar-refractivity contribution in [3.63, 3.8) is 0 Å². The molecule has 4 nitrogen and oxygen atoms in total. The van der Waals surface area contributed by atoms with Crippen LogP contribution in [-0.2, 0) is 11.3 Å². The van der Waals surface area contributed by atoms with Gasteiger partial charge in [0, 0.05) is 11.3 Å². The van der Waals surface area contributed by atoms with Gasteiger partial charge in [-0.2, -0.15) is 0 Å². The number of ether oxygens (including phenoxy) is 1. The largest absolute Gasteiger partial charge is 0.444 e. The molecule has 100 valence electrons. The molecule has 1 rings (SSSR count). The Morgan fingerprint density at radius 2 is 1.83 bits per heavy atom. The molecule has 0 saturated heterocycles. The van der Waals surface area contributed by atoms with Gasteiger partial charge in [0.2, 0.25) is 0 Å². The number of aliphatic hydroxyl groups is 1. The molecule has 2 N–H and O–H groups in total. The minimum atomic E-state index is -0.927. The normalized spacial score (nSPS) is 11.2. The van der Waals surface area contributed by atoms with E-state index in [-0.39, 0.29) is 5.69 Å². The first-order valence-corrected chi connectivity index (χ1v) is 5.31. The summed E-state index contributed by atoms with van der Waals surface area (Å²) in [6.45, 7) is 4.26. The van der Waals surface area contributed by atoms with Crippen LogP contribution in [0.2, 0.25) is 0 Å². The van der Waals surface area contributed by atoms with Crippen LogP contribution >= 0.6 is 0 Å². The van der Waals surface area contributed by atoms with E-state index in [0.29, 0.717) is 0 Å². The van der Waals surface area contributed by atoms with Crippen LogP contribution in [0.4, 0.5) is 19.3 Å². The lowest BCUT2D eigenvalue weighted by Crippen LogP contribution is -2.27. The van der Waals surface area contributed by atoms with Crippen molar-refractivity contribution in [1.82, 2.24) is 0 Å². The van der Waals surface area contributed by atoms with Crippen molar-refractivity contribution in [3.8, 4) is 0 Å². The number of nitrogens with one attached hydrogen (secondary N) is 1. The van der Waals surface area contributed by atoms with Gasteiger partial charge in [-0.15, -0.1) is 0 Å². The van der Waals surface area contributed by atoms with E-state index >= 15 is 0 Å². The van der Waals surface area contributed by atoms with Crippen LogP contribution in [0.1, 0.15) is 26.3 Å². The van der Waals surface area contributed by atoms with Crippen molar-refractivity contribution < 1.29 is 23.4 Å². The van der Waals surface area contributed by atoms with Crippen LogP contribution in [0.3, 0.4) is 0 Å². The number of benzene rings is 1. The predicted octanol–water partition coefficient (Wildman–Crippen LogP) is 2.80. The van der Waals surface area contributed by atoms with E-state index in [2.05, 4.69) is 5.32 Å². The van der Waals surface area contributed by atoms with Crippen LogP contribution in [0, 0.1) is 11.6 Å². The summed E-state index contributed by atoms with van der Waals surface area (Å²) in [7, 11) is 0. The van der Waals surface area contributed by atoms with Gasteiger partial charge in [-0.1, -0.05) is 0 Å². The summed E-state index contributed by atoms with van der Waals surface area (Å²) >= 11 is 0. The standard InChI is InChI=1S/C12H15F2NO3/c1-12(2,3)18-11(17)15-7-4-9(13)8(6-16)10(14)5-7/h4-5,16H,6H2,1-3H3,(H,15,17). The molecule has 1 amide bonds. The molecule has 0 saturated carbocycles. The summed E-state index contributed by atoms with van der Waals surface area (Å²) < 4.78 is 31.5. The highest BCUT2D eigenvalue weighted by molar-refractivity contribution is 5.84. The third kappa shape index (κ3) is 3.96. The fraction of sp³-hybridized carbons (Fsp3) is 0.417. The molecule has 0 radical (unpaired) electrons. The van der Waals surface area contributed by atoms with Gasteiger partial charge in [0.25, 0.3) is 0 Å². The first-order valence-electron chi connectivity index (χ1n) is 5.31. The number of amides is 1. The van der Waals surface area contributed by atoms with Gasteiger partial charge < -0.3 is 9.84 Å². The third-order valence-corrected chi connectivity index (χ3v) is 1.94. The lowest BCUT2D eigenvalue weighted by Gasteiger charge is -2.19. The average molecular weight is 259 g/mol. The molecule has 0 atom stereocenters. The highest BCUT2D eigenvalue weighted by atomic mass is 19.1. The van der Waals surface area contributed by atoms with Crippen LogP contribution < -0.4 is 5.32 Å². The van der Waals surface area contributed by atoms with E-state index in [1.807, 2.05) is 0 Å². The molecule has 0 fully saturated rings. The van der Waals surface area contributed by atoms with Crippen molar-refractivity contribution in [2.24, 2.45) is 0 Å². The fourth-order valence-corrected chi connectivity index (χ4v) is 1.25. The van der Waals surface area contributed by atoms with Crippen molar-refractivity contribution in [2.45, 2.75) is 33.0 Å². The Balaban J connectivity index is 2.83. The Labute approximate surface area is 104 Å². The second kappa shape index (κ2) is 5.30. The molecule has 0 aliphatic heterocycles. The maximum absolute atomic E-state index is 13.3. The maximum Gasteiger partial charge on any atom is 0.412 e. The zero-order valence-electron chi connectivity index (χ0n) is 10.4. The monoisotopic (exact) mass is 259 g/mol. The van der Waals surface area contributed by atoms with Gasteiger partial charge in [-0.25, -0.2) is 13.6 Å². The van der Waals surface area contributed by atoms with Crippen LogP contribution in [0.25, 0.3) is 0 Å². The van der Waals surface area contributed by atoms with Crippen molar-refractivity contribution >= 4 is 11.8 Å². The van der Waals surface area contributed by atoms with Crippen molar-refractivity contribution in [2.75, 3.05) is 5.32 Å². The number of hydrogen-bond donors (Lipinski definition) is 2. The minimum absolute atomic E-state index is 0.0727. The molecular weight excluding hydrogens is 244 g/mol. The number of halogens is 2. The van der Waals surface area contributed by atoms with Crippen LogP contribution in [-0.4, -0.2) is 16.8 Å². The lowest BCUT2D eigenvalue weighted by molar-refractivity contribution is 0.0636. The van der Waals surface area contributed by atoms with Gasteiger partial charge in [0.15, 0.2) is 0 Å². The van der Waals surface area contributed by atoms with E-state index in [1.54, 1.807) is 20.8 Å². The number of carbonyl (C=O) groups is 1. The number of anilines is 1. The smallest absolute Gasteiger partial charge is 0.412 e.